The minimum absolute atomic E-state index is 0.0278. The van der Waals surface area contributed by atoms with Gasteiger partial charge in [0.2, 0.25) is 0 Å². The molecule has 10 N–H and O–H groups in total. The second kappa shape index (κ2) is 11.7. The average molecular weight is 616 g/mol. The van der Waals surface area contributed by atoms with E-state index in [9.17, 15) is 46.0 Å². The first-order valence-electron chi connectivity index (χ1n) is 13.0. The minimum atomic E-state index is -2.55. The Kier molecular flexibility index (Phi) is 8.48. The fourth-order valence-corrected chi connectivity index (χ4v) is 5.28. The van der Waals surface area contributed by atoms with Crippen molar-refractivity contribution in [1.29, 1.82) is 0 Å². The molecular weight excluding hydrogens is 584 g/mol. The van der Waals surface area contributed by atoms with Crippen LogP contribution in [0.4, 0.5) is 0 Å². The highest BCUT2D eigenvalue weighted by Crippen LogP contribution is 2.47. The predicted octanol–water partition coefficient (Wildman–Crippen LogP) is -0.625. The molecule has 2 aromatic carbocycles. The molecule has 2 saturated heterocycles. The Morgan fingerprint density at radius 2 is 1.57 bits per heavy atom. The molecule has 0 saturated carbocycles. The summed E-state index contributed by atoms with van der Waals surface area (Å²) in [5.41, 5.74) is 0.610. The molecule has 2 fully saturated rings. The Labute approximate surface area is 243 Å². The topological polar surface area (TPSA) is 232 Å². The van der Waals surface area contributed by atoms with Gasteiger partial charge in [0.05, 0.1) is 24.3 Å². The van der Waals surface area contributed by atoms with E-state index in [1.807, 2.05) is 0 Å². The van der Waals surface area contributed by atoms with Gasteiger partial charge in [-0.1, -0.05) is 0 Å². The monoisotopic (exact) mass is 615 g/mol. The van der Waals surface area contributed by atoms with E-state index in [1.54, 1.807) is 0 Å². The maximum Gasteiger partial charge on any atom is 0.320 e. The summed E-state index contributed by atoms with van der Waals surface area (Å²) in [5, 5.41) is 89.8. The van der Waals surface area contributed by atoms with Gasteiger partial charge in [-0.15, -0.1) is 0 Å². The highest BCUT2D eigenvalue weighted by atomic mass is 35.5. The lowest BCUT2D eigenvalue weighted by molar-refractivity contribution is -0.338. The largest absolute Gasteiger partial charge is 0.571 e. The van der Waals surface area contributed by atoms with Crippen LogP contribution in [0.5, 0.6) is 23.0 Å². The fraction of sp³-hybridized carbons (Fsp3) is 0.481. The van der Waals surface area contributed by atoms with Crippen LogP contribution in [0.1, 0.15) is 24.2 Å². The van der Waals surface area contributed by atoms with Gasteiger partial charge in [-0.25, -0.2) is 0 Å². The van der Waals surface area contributed by atoms with Gasteiger partial charge in [0.1, 0.15) is 59.4 Å². The standard InChI is InChI=1S/C27H31ClO14/c1-10-19(32)21(34)23(36)26(39-10)38-9-18-20(33)22(35)25(37)27(28,42-18)41-17-8-14-15(31)6-13(30)7-16(14)40-24(17)11-2-4-12(29)5-3-11/h2-8,10,18-26,29-37H,9H2,1H3/p+1. The molecule has 0 spiro atoms. The summed E-state index contributed by atoms with van der Waals surface area (Å²) >= 11 is 6.60. The Bertz CT molecular complexity index is 1310. The van der Waals surface area contributed by atoms with Crippen molar-refractivity contribution in [3.05, 3.63) is 53.3 Å². The summed E-state index contributed by atoms with van der Waals surface area (Å²) in [6.07, 6.45) is -13.8. The summed E-state index contributed by atoms with van der Waals surface area (Å²) in [6.45, 7) is 0.873. The van der Waals surface area contributed by atoms with Crippen molar-refractivity contribution in [1.82, 2.24) is 0 Å². The van der Waals surface area contributed by atoms with Crippen LogP contribution in [0.2, 0.25) is 0 Å². The lowest BCUT2D eigenvalue weighted by Crippen LogP contribution is -2.64. The number of rotatable bonds is 6. The van der Waals surface area contributed by atoms with Crippen LogP contribution in [-0.4, -0.2) is 118 Å². The van der Waals surface area contributed by atoms with Crippen molar-refractivity contribution in [2.75, 3.05) is 6.61 Å². The molecular formula is C27H32ClO14+. The van der Waals surface area contributed by atoms with E-state index in [-0.39, 0.29) is 34.3 Å². The van der Waals surface area contributed by atoms with Crippen LogP contribution in [0, 0.1) is 0 Å². The zero-order chi connectivity index (χ0) is 30.5. The van der Waals surface area contributed by atoms with Crippen molar-refractivity contribution >= 4 is 17.7 Å². The van der Waals surface area contributed by atoms with Gasteiger partial charge < -0.3 is 69.6 Å². The number of aliphatic hydroxyl groups excluding tert-OH is 6. The minimum Gasteiger partial charge on any atom is -0.571 e. The zero-order valence-corrected chi connectivity index (χ0v) is 22.8. The van der Waals surface area contributed by atoms with Crippen molar-refractivity contribution in [3.63, 3.8) is 0 Å². The van der Waals surface area contributed by atoms with Gasteiger partial charge in [0.25, 0.3) is 11.9 Å². The molecule has 5 rings (SSSR count). The number of phenolic OH excluding ortho intramolecular Hbond substituents is 3. The Morgan fingerprint density at radius 1 is 0.881 bits per heavy atom. The second-order valence-corrected chi connectivity index (χ2v) is 10.9. The van der Waals surface area contributed by atoms with Gasteiger partial charge in [0, 0.05) is 12.1 Å². The van der Waals surface area contributed by atoms with Gasteiger partial charge in [-0.2, -0.15) is 0 Å². The number of ether oxygens (including phenoxy) is 5. The van der Waals surface area contributed by atoms with E-state index in [0.717, 1.165) is 6.07 Å². The van der Waals surface area contributed by atoms with Gasteiger partial charge in [0.15, 0.2) is 18.2 Å². The van der Waals surface area contributed by atoms with E-state index in [1.165, 1.54) is 43.3 Å². The number of halogens is 1. The molecule has 15 heteroatoms. The number of benzene rings is 2. The van der Waals surface area contributed by atoms with Crippen LogP contribution in [-0.2, 0) is 18.9 Å². The number of alkyl halides is 1. The number of aromatic hydroxyl groups is 4. The lowest BCUT2D eigenvalue weighted by Gasteiger charge is -2.46. The molecule has 2 aromatic rings. The van der Waals surface area contributed by atoms with Crippen LogP contribution in [0.15, 0.2) is 42.2 Å². The molecule has 0 radical (unpaired) electrons. The summed E-state index contributed by atoms with van der Waals surface area (Å²) in [6, 6.07) is 8.25. The normalized spacial score (nSPS) is 38.2. The first-order valence-corrected chi connectivity index (χ1v) is 13.4. The molecule has 0 amide bonds. The SMILES string of the molecule is CC1OC(OCC2OC(Cl)(OC3=Cc4c(O)cc(O)cc4[OH+]C3c3ccc(O)cc3)C(O)C(O)C2O)C(O)C(O)C1O. The first kappa shape index (κ1) is 30.6. The second-order valence-electron chi connectivity index (χ2n) is 10.3. The van der Waals surface area contributed by atoms with E-state index in [0.29, 0.717) is 5.56 Å². The summed E-state index contributed by atoms with van der Waals surface area (Å²) < 4.78 is 27.0. The van der Waals surface area contributed by atoms with Crippen LogP contribution in [0.3, 0.4) is 0 Å². The Balaban J connectivity index is 1.42. The smallest absolute Gasteiger partial charge is 0.320 e. The molecule has 0 aromatic heterocycles. The maximum absolute atomic E-state index is 10.8. The Morgan fingerprint density at radius 3 is 2.26 bits per heavy atom. The van der Waals surface area contributed by atoms with Gasteiger partial charge in [-0.3, -0.25) is 0 Å². The highest BCUT2D eigenvalue weighted by molar-refractivity contribution is 6.22. The Hall–Kier alpha value is -2.89. The van der Waals surface area contributed by atoms with Crippen LogP contribution >= 0.6 is 11.6 Å². The van der Waals surface area contributed by atoms with Crippen molar-refractivity contribution < 1.29 is 69.6 Å². The maximum atomic E-state index is 10.8. The number of fused-ring (bicyclic) bond motifs is 1. The number of hydrogen-bond donors (Lipinski definition) is 9. The third kappa shape index (κ3) is 5.70. The molecule has 3 heterocycles. The summed E-state index contributed by atoms with van der Waals surface area (Å²) in [7, 11) is 0. The van der Waals surface area contributed by atoms with Gasteiger partial charge in [-0.05, 0) is 42.8 Å². The van der Waals surface area contributed by atoms with E-state index in [2.05, 4.69) is 4.74 Å². The molecule has 14 nitrogen and oxygen atoms in total. The molecule has 3 aliphatic rings. The van der Waals surface area contributed by atoms with Crippen LogP contribution < -0.4 is 0 Å². The summed E-state index contributed by atoms with van der Waals surface area (Å²) in [5.74, 6) is -0.507. The van der Waals surface area contributed by atoms with E-state index < -0.39 is 73.1 Å². The number of phenols is 3. The zero-order valence-electron chi connectivity index (χ0n) is 22.0. The third-order valence-electron chi connectivity index (χ3n) is 7.36. The average Bonchev–Trinajstić information content (AvgIpc) is 2.95. The number of aliphatic hydroxyl groups is 7. The molecule has 230 valence electrons. The first-order chi connectivity index (χ1) is 19.8. The van der Waals surface area contributed by atoms with Crippen molar-refractivity contribution in [3.8, 4) is 23.0 Å². The molecule has 0 aliphatic carbocycles. The fourth-order valence-electron chi connectivity index (χ4n) is 4.94. The van der Waals surface area contributed by atoms with Crippen LogP contribution in [0.25, 0.3) is 6.08 Å². The molecule has 11 atom stereocenters. The van der Waals surface area contributed by atoms with E-state index in [4.69, 9.17) is 30.5 Å². The number of hydrogen-bond acceptors (Lipinski definition) is 13. The van der Waals surface area contributed by atoms with Gasteiger partial charge >= 0.3 is 5.25 Å². The molecule has 11 unspecified atom stereocenters. The molecule has 3 aliphatic heterocycles. The quantitative estimate of drug-likeness (QED) is 0.146. The predicted molar refractivity (Wildman–Crippen MR) is 141 cm³/mol. The third-order valence-corrected chi connectivity index (χ3v) is 7.75. The summed E-state index contributed by atoms with van der Waals surface area (Å²) in [4.78, 5) is 0. The molecule has 0 bridgehead atoms. The van der Waals surface area contributed by atoms with Crippen molar-refractivity contribution in [2.24, 2.45) is 0 Å². The highest BCUT2D eigenvalue weighted by Gasteiger charge is 2.57. The molecule has 42 heavy (non-hydrogen) atoms. The lowest BCUT2D eigenvalue weighted by atomic mass is 9.98. The van der Waals surface area contributed by atoms with E-state index >= 15 is 0 Å². The van der Waals surface area contributed by atoms with Crippen molar-refractivity contribution in [2.45, 2.75) is 73.4 Å².